The Morgan fingerprint density at radius 2 is 2.28 bits per heavy atom. The monoisotopic (exact) mass is 406 g/mol. The minimum absolute atomic E-state index is 0.179. The molecule has 1 aromatic rings. The van der Waals surface area contributed by atoms with E-state index in [0.717, 1.165) is 32.1 Å². The summed E-state index contributed by atoms with van der Waals surface area (Å²) in [6, 6.07) is 5.03. The molecule has 0 spiro atoms. The smallest absolute Gasteiger partial charge is 0.414 e. The number of nitrogens with zero attached hydrogens (tertiary/aromatic N) is 2. The number of carbonyl (C=O) groups excluding carboxylic acids is 2. The van der Waals surface area contributed by atoms with Gasteiger partial charge < -0.3 is 20.1 Å². The molecule has 3 aliphatic heterocycles. The van der Waals surface area contributed by atoms with Crippen molar-refractivity contribution < 1.29 is 23.5 Å². The molecule has 3 atom stereocenters. The first kappa shape index (κ1) is 19.9. The fourth-order valence-electron chi connectivity index (χ4n) is 4.50. The van der Waals surface area contributed by atoms with Crippen molar-refractivity contribution in [3.05, 3.63) is 24.0 Å². The second-order valence-electron chi connectivity index (χ2n) is 7.75. The predicted octanol–water partition coefficient (Wildman–Crippen LogP) is 0.959. The first-order valence-corrected chi connectivity index (χ1v) is 10.2. The molecule has 3 heterocycles. The lowest BCUT2D eigenvalue weighted by Gasteiger charge is -2.32. The standard InChI is InChI=1S/C20H27FN4O4/c21-17-9-15(25-12-16(10-23-13-26)29-20(25)27)1-2-19(17)28-8-7-24-6-4-14-3-5-22-11-18(14)24/h1-2,9,13-14,16,18,22H,3-8,10-12H2,(H,23,26)/t14-,16+,18-/m1/s1. The van der Waals surface area contributed by atoms with E-state index in [4.69, 9.17) is 9.47 Å². The van der Waals surface area contributed by atoms with Crippen LogP contribution in [-0.4, -0.2) is 75.4 Å². The average molecular weight is 406 g/mol. The van der Waals surface area contributed by atoms with Crippen LogP contribution in [-0.2, 0) is 9.53 Å². The highest BCUT2D eigenvalue weighted by atomic mass is 19.1. The van der Waals surface area contributed by atoms with Gasteiger partial charge in [0.15, 0.2) is 11.6 Å². The van der Waals surface area contributed by atoms with Gasteiger partial charge >= 0.3 is 6.09 Å². The van der Waals surface area contributed by atoms with E-state index in [1.165, 1.54) is 23.8 Å². The molecule has 29 heavy (non-hydrogen) atoms. The highest BCUT2D eigenvalue weighted by molar-refractivity contribution is 5.89. The molecule has 0 unspecified atom stereocenters. The third-order valence-electron chi connectivity index (χ3n) is 6.01. The van der Waals surface area contributed by atoms with E-state index in [0.29, 0.717) is 24.7 Å². The molecule has 8 nitrogen and oxygen atoms in total. The topological polar surface area (TPSA) is 83.1 Å². The number of nitrogens with one attached hydrogen (secondary N) is 2. The zero-order chi connectivity index (χ0) is 20.2. The number of halogens is 1. The summed E-state index contributed by atoms with van der Waals surface area (Å²) in [5, 5.41) is 5.93. The van der Waals surface area contributed by atoms with Crippen LogP contribution in [0.5, 0.6) is 5.75 Å². The van der Waals surface area contributed by atoms with E-state index in [1.54, 1.807) is 12.1 Å². The number of hydrogen-bond donors (Lipinski definition) is 2. The Hall–Kier alpha value is -2.39. The number of piperidine rings is 1. The molecule has 0 aromatic heterocycles. The number of benzene rings is 1. The number of fused-ring (bicyclic) bond motifs is 1. The number of amides is 2. The van der Waals surface area contributed by atoms with Crippen LogP contribution >= 0.6 is 0 Å². The summed E-state index contributed by atoms with van der Waals surface area (Å²) in [5.41, 5.74) is 0.407. The van der Waals surface area contributed by atoms with Gasteiger partial charge in [-0.05, 0) is 44.0 Å². The molecule has 3 fully saturated rings. The molecule has 3 saturated heterocycles. The van der Waals surface area contributed by atoms with E-state index >= 15 is 0 Å². The van der Waals surface area contributed by atoms with Crippen molar-refractivity contribution in [3.8, 4) is 5.75 Å². The Morgan fingerprint density at radius 1 is 1.38 bits per heavy atom. The van der Waals surface area contributed by atoms with Gasteiger partial charge in [0.25, 0.3) is 0 Å². The summed E-state index contributed by atoms with van der Waals surface area (Å²) in [6.07, 6.45) is 1.99. The van der Waals surface area contributed by atoms with Crippen LogP contribution in [0.3, 0.4) is 0 Å². The number of cyclic esters (lactones) is 1. The lowest BCUT2D eigenvalue weighted by atomic mass is 9.93. The van der Waals surface area contributed by atoms with Crippen molar-refractivity contribution in [2.45, 2.75) is 25.0 Å². The van der Waals surface area contributed by atoms with Gasteiger partial charge in [-0.3, -0.25) is 14.6 Å². The van der Waals surface area contributed by atoms with Gasteiger partial charge in [-0.1, -0.05) is 0 Å². The van der Waals surface area contributed by atoms with Gasteiger partial charge in [-0.25, -0.2) is 9.18 Å². The van der Waals surface area contributed by atoms with E-state index in [1.807, 2.05) is 0 Å². The van der Waals surface area contributed by atoms with Crippen LogP contribution in [0.2, 0.25) is 0 Å². The van der Waals surface area contributed by atoms with Crippen molar-refractivity contribution in [2.24, 2.45) is 5.92 Å². The largest absolute Gasteiger partial charge is 0.489 e. The maximum absolute atomic E-state index is 14.5. The van der Waals surface area contributed by atoms with Gasteiger partial charge in [0, 0.05) is 25.2 Å². The molecule has 0 radical (unpaired) electrons. The molecule has 2 amide bonds. The fourth-order valence-corrected chi connectivity index (χ4v) is 4.50. The summed E-state index contributed by atoms with van der Waals surface area (Å²) >= 11 is 0. The highest BCUT2D eigenvalue weighted by Gasteiger charge is 2.35. The Kier molecular flexibility index (Phi) is 6.15. The summed E-state index contributed by atoms with van der Waals surface area (Å²) in [6.45, 7) is 4.86. The molecule has 0 saturated carbocycles. The third-order valence-corrected chi connectivity index (χ3v) is 6.01. The predicted molar refractivity (Wildman–Crippen MR) is 105 cm³/mol. The van der Waals surface area contributed by atoms with Crippen LogP contribution in [0.4, 0.5) is 14.9 Å². The van der Waals surface area contributed by atoms with Crippen molar-refractivity contribution in [3.63, 3.8) is 0 Å². The Bertz CT molecular complexity index is 749. The molecular weight excluding hydrogens is 379 g/mol. The summed E-state index contributed by atoms with van der Waals surface area (Å²) in [4.78, 5) is 26.2. The van der Waals surface area contributed by atoms with Crippen LogP contribution in [0, 0.1) is 11.7 Å². The summed E-state index contributed by atoms with van der Waals surface area (Å²) < 4.78 is 25.4. The number of rotatable bonds is 8. The van der Waals surface area contributed by atoms with Gasteiger partial charge in [-0.2, -0.15) is 0 Å². The van der Waals surface area contributed by atoms with E-state index in [9.17, 15) is 14.0 Å². The Morgan fingerprint density at radius 3 is 3.10 bits per heavy atom. The molecule has 1 aromatic carbocycles. The van der Waals surface area contributed by atoms with E-state index in [2.05, 4.69) is 15.5 Å². The van der Waals surface area contributed by atoms with Crippen LogP contribution in [0.25, 0.3) is 0 Å². The van der Waals surface area contributed by atoms with E-state index < -0.39 is 18.0 Å². The van der Waals surface area contributed by atoms with Gasteiger partial charge in [0.2, 0.25) is 6.41 Å². The number of ether oxygens (including phenoxy) is 2. The lowest BCUT2D eigenvalue weighted by molar-refractivity contribution is -0.109. The quantitative estimate of drug-likeness (QED) is 0.626. The van der Waals surface area contributed by atoms with Crippen molar-refractivity contribution in [1.82, 2.24) is 15.5 Å². The number of anilines is 1. The highest BCUT2D eigenvalue weighted by Crippen LogP contribution is 2.29. The SMILES string of the molecule is O=CNC[C@H]1CN(c2ccc(OCCN3CC[C@H]4CCNC[C@H]43)c(F)c2)C(=O)O1. The molecule has 0 bridgehead atoms. The zero-order valence-electron chi connectivity index (χ0n) is 16.3. The Balaban J connectivity index is 1.30. The second-order valence-corrected chi connectivity index (χ2v) is 7.75. The van der Waals surface area contributed by atoms with Gasteiger partial charge in [-0.15, -0.1) is 0 Å². The maximum atomic E-state index is 14.5. The number of carbonyl (C=O) groups is 2. The average Bonchev–Trinajstić information content (AvgIpc) is 3.31. The van der Waals surface area contributed by atoms with Gasteiger partial charge in [0.05, 0.1) is 18.8 Å². The fraction of sp³-hybridized carbons (Fsp3) is 0.600. The normalized spacial score (nSPS) is 26.9. The molecular formula is C20H27FN4O4. The van der Waals surface area contributed by atoms with Crippen molar-refractivity contribution >= 4 is 18.2 Å². The third kappa shape index (κ3) is 4.45. The first-order chi connectivity index (χ1) is 14.2. The second kappa shape index (κ2) is 8.96. The molecule has 0 aliphatic carbocycles. The number of hydrogen-bond acceptors (Lipinski definition) is 6. The molecule has 9 heteroatoms. The maximum Gasteiger partial charge on any atom is 0.414 e. The minimum Gasteiger partial charge on any atom is -0.489 e. The molecule has 2 N–H and O–H groups in total. The van der Waals surface area contributed by atoms with E-state index in [-0.39, 0.29) is 18.8 Å². The van der Waals surface area contributed by atoms with Crippen LogP contribution < -0.4 is 20.3 Å². The van der Waals surface area contributed by atoms with Gasteiger partial charge in [0.1, 0.15) is 12.7 Å². The van der Waals surface area contributed by atoms with Crippen molar-refractivity contribution in [1.29, 1.82) is 0 Å². The van der Waals surface area contributed by atoms with Crippen LogP contribution in [0.15, 0.2) is 18.2 Å². The Labute approximate surface area is 169 Å². The van der Waals surface area contributed by atoms with Crippen molar-refractivity contribution in [2.75, 3.05) is 50.8 Å². The van der Waals surface area contributed by atoms with Crippen LogP contribution in [0.1, 0.15) is 12.8 Å². The molecule has 158 valence electrons. The lowest BCUT2D eigenvalue weighted by Crippen LogP contribution is -2.46. The zero-order valence-corrected chi connectivity index (χ0v) is 16.3. The molecule has 3 aliphatic rings. The first-order valence-electron chi connectivity index (χ1n) is 10.2. The minimum atomic E-state index is -0.555. The summed E-state index contributed by atoms with van der Waals surface area (Å²) in [5.74, 6) is 0.430. The number of likely N-dealkylation sites (tertiary alicyclic amines) is 1. The molecule has 4 rings (SSSR count). The summed E-state index contributed by atoms with van der Waals surface area (Å²) in [7, 11) is 0.